The van der Waals surface area contributed by atoms with Crippen LogP contribution in [0.15, 0.2) is 123 Å². The van der Waals surface area contributed by atoms with Gasteiger partial charge < -0.3 is 8.83 Å². The van der Waals surface area contributed by atoms with Crippen molar-refractivity contribution in [3.8, 4) is 45.7 Å². The maximum Gasteiger partial charge on any atom is 0.238 e. The van der Waals surface area contributed by atoms with Crippen LogP contribution in [0.3, 0.4) is 0 Å². The van der Waals surface area contributed by atoms with Gasteiger partial charge in [0.15, 0.2) is 5.76 Å². The van der Waals surface area contributed by atoms with Crippen LogP contribution >= 0.6 is 0 Å². The highest BCUT2D eigenvalue weighted by molar-refractivity contribution is 5.92. The molecule has 0 aliphatic heterocycles. The number of aryl methyl sites for hydroxylation is 1. The maximum atomic E-state index is 10.2. The fourth-order valence-corrected chi connectivity index (χ4v) is 4.36. The Morgan fingerprint density at radius 3 is 2.11 bits per heavy atom. The van der Waals surface area contributed by atoms with Gasteiger partial charge in [-0.25, -0.2) is 9.67 Å². The second kappa shape index (κ2) is 9.92. The summed E-state index contributed by atoms with van der Waals surface area (Å²) in [6.07, 6.45) is 3.56. The molecule has 0 atom stereocenters. The van der Waals surface area contributed by atoms with Crippen molar-refractivity contribution in [2.75, 3.05) is 0 Å². The van der Waals surface area contributed by atoms with E-state index in [2.05, 4.69) is 11.1 Å². The highest BCUT2D eigenvalue weighted by Gasteiger charge is 2.23. The molecule has 0 spiro atoms. The van der Waals surface area contributed by atoms with Crippen LogP contribution in [-0.4, -0.2) is 16.0 Å². The van der Waals surface area contributed by atoms with Gasteiger partial charge in [-0.1, -0.05) is 78.9 Å². The molecule has 3 heterocycles. The molecule has 3 aromatic carbocycles. The fraction of sp³-hybridized carbons (Fsp3) is 0.0312. The molecule has 0 saturated heterocycles. The van der Waals surface area contributed by atoms with Crippen LogP contribution in [0.1, 0.15) is 16.9 Å². The SMILES string of the molecule is Cc1ccc(-c2nn(-c3ccccc3)cc2C=Nc2oc(-c3ccccc3)c(-c3ccccc3)c2C#N)o1. The molecule has 0 bridgehead atoms. The first-order valence-corrected chi connectivity index (χ1v) is 12.1. The molecule has 6 aromatic rings. The summed E-state index contributed by atoms with van der Waals surface area (Å²) in [5, 5.41) is 15.0. The lowest BCUT2D eigenvalue weighted by molar-refractivity contribution is 0.545. The van der Waals surface area contributed by atoms with Crippen molar-refractivity contribution in [1.82, 2.24) is 9.78 Å². The molecule has 6 heteroatoms. The molecule has 6 nitrogen and oxygen atoms in total. The first kappa shape index (κ1) is 23.0. The number of nitriles is 1. The number of para-hydroxylation sites is 1. The maximum absolute atomic E-state index is 10.2. The van der Waals surface area contributed by atoms with Crippen LogP contribution in [0.25, 0.3) is 39.6 Å². The number of aliphatic imine (C=N–C) groups is 1. The number of furan rings is 2. The second-order valence-corrected chi connectivity index (χ2v) is 8.71. The van der Waals surface area contributed by atoms with E-state index in [0.29, 0.717) is 28.3 Å². The van der Waals surface area contributed by atoms with Crippen LogP contribution < -0.4 is 0 Å². The minimum absolute atomic E-state index is 0.235. The predicted molar refractivity (Wildman–Crippen MR) is 148 cm³/mol. The van der Waals surface area contributed by atoms with Gasteiger partial charge >= 0.3 is 0 Å². The lowest BCUT2D eigenvalue weighted by Gasteiger charge is -2.03. The molecule has 3 aromatic heterocycles. The van der Waals surface area contributed by atoms with Gasteiger partial charge in [0.05, 0.1) is 5.69 Å². The summed E-state index contributed by atoms with van der Waals surface area (Å²) in [5.74, 6) is 2.25. The Morgan fingerprint density at radius 1 is 0.816 bits per heavy atom. The van der Waals surface area contributed by atoms with E-state index in [4.69, 9.17) is 13.9 Å². The molecule has 0 amide bonds. The van der Waals surface area contributed by atoms with Crippen molar-refractivity contribution in [1.29, 1.82) is 5.26 Å². The molecule has 0 radical (unpaired) electrons. The zero-order valence-corrected chi connectivity index (χ0v) is 20.6. The molecule has 38 heavy (non-hydrogen) atoms. The van der Waals surface area contributed by atoms with Crippen molar-refractivity contribution < 1.29 is 8.83 Å². The van der Waals surface area contributed by atoms with Gasteiger partial charge in [-0.15, -0.1) is 0 Å². The highest BCUT2D eigenvalue weighted by Crippen LogP contribution is 2.42. The van der Waals surface area contributed by atoms with E-state index in [0.717, 1.165) is 28.1 Å². The van der Waals surface area contributed by atoms with Gasteiger partial charge in [-0.2, -0.15) is 10.4 Å². The summed E-state index contributed by atoms with van der Waals surface area (Å²) in [7, 11) is 0. The normalized spacial score (nSPS) is 11.2. The lowest BCUT2D eigenvalue weighted by Crippen LogP contribution is -1.93. The molecule has 0 aliphatic rings. The van der Waals surface area contributed by atoms with Crippen LogP contribution in [0, 0.1) is 18.3 Å². The van der Waals surface area contributed by atoms with Crippen LogP contribution in [0.2, 0.25) is 0 Å². The van der Waals surface area contributed by atoms with E-state index >= 15 is 0 Å². The van der Waals surface area contributed by atoms with Gasteiger partial charge in [0, 0.05) is 29.1 Å². The third-order valence-electron chi connectivity index (χ3n) is 6.16. The minimum atomic E-state index is 0.235. The van der Waals surface area contributed by atoms with E-state index in [1.165, 1.54) is 0 Å². The summed E-state index contributed by atoms with van der Waals surface area (Å²) in [6.45, 7) is 1.89. The third-order valence-corrected chi connectivity index (χ3v) is 6.16. The van der Waals surface area contributed by atoms with Gasteiger partial charge in [-0.05, 0) is 36.8 Å². The second-order valence-electron chi connectivity index (χ2n) is 8.71. The smallest absolute Gasteiger partial charge is 0.238 e. The number of aromatic nitrogens is 2. The molecule has 182 valence electrons. The largest absolute Gasteiger partial charge is 0.460 e. The minimum Gasteiger partial charge on any atom is -0.460 e. The monoisotopic (exact) mass is 494 g/mol. The summed E-state index contributed by atoms with van der Waals surface area (Å²) >= 11 is 0. The Hall–Kier alpha value is -5.41. The quantitative estimate of drug-likeness (QED) is 0.220. The van der Waals surface area contributed by atoms with Crippen molar-refractivity contribution in [3.63, 3.8) is 0 Å². The van der Waals surface area contributed by atoms with E-state index in [1.54, 1.807) is 10.9 Å². The molecule has 0 aliphatic carbocycles. The lowest BCUT2D eigenvalue weighted by atomic mass is 9.98. The third kappa shape index (κ3) is 4.34. The van der Waals surface area contributed by atoms with Crippen molar-refractivity contribution in [2.45, 2.75) is 6.92 Å². The van der Waals surface area contributed by atoms with E-state index in [9.17, 15) is 5.26 Å². The van der Waals surface area contributed by atoms with Crippen molar-refractivity contribution >= 4 is 12.1 Å². The average Bonchev–Trinajstić information content (AvgIpc) is 3.69. The first-order valence-electron chi connectivity index (χ1n) is 12.1. The highest BCUT2D eigenvalue weighted by atomic mass is 16.4. The Labute approximate surface area is 219 Å². The van der Waals surface area contributed by atoms with Crippen molar-refractivity contribution in [2.24, 2.45) is 4.99 Å². The number of hydrogen-bond donors (Lipinski definition) is 0. The van der Waals surface area contributed by atoms with Crippen LogP contribution in [0.4, 0.5) is 5.88 Å². The zero-order chi connectivity index (χ0) is 25.9. The summed E-state index contributed by atoms with van der Waals surface area (Å²) in [6, 6.07) is 35.4. The first-order chi connectivity index (χ1) is 18.7. The van der Waals surface area contributed by atoms with Gasteiger partial charge in [-0.3, -0.25) is 0 Å². The zero-order valence-electron chi connectivity index (χ0n) is 20.6. The van der Waals surface area contributed by atoms with Crippen LogP contribution in [-0.2, 0) is 0 Å². The molecule has 0 fully saturated rings. The van der Waals surface area contributed by atoms with Gasteiger partial charge in [0.1, 0.15) is 28.8 Å². The predicted octanol–water partition coefficient (Wildman–Crippen LogP) is 7.99. The standard InChI is InChI=1S/C32H22N4O2/c1-22-17-18-28(37-22)30-25(21-36(35-30)26-15-9-4-10-16-26)20-34-32-27(19-33)29(23-11-5-2-6-12-23)31(38-32)24-13-7-3-8-14-24/h2-18,20-21H,1H3. The van der Waals surface area contributed by atoms with E-state index < -0.39 is 0 Å². The topological polar surface area (TPSA) is 80.2 Å². The van der Waals surface area contributed by atoms with Gasteiger partial charge in [0.25, 0.3) is 0 Å². The fourth-order valence-electron chi connectivity index (χ4n) is 4.36. The Balaban J connectivity index is 1.49. The van der Waals surface area contributed by atoms with Crippen LogP contribution in [0.5, 0.6) is 0 Å². The Kier molecular flexibility index (Phi) is 6.01. The number of rotatable bonds is 6. The molecule has 0 unspecified atom stereocenters. The number of nitrogens with zero attached hydrogens (tertiary/aromatic N) is 4. The molecular weight excluding hydrogens is 472 g/mol. The van der Waals surface area contributed by atoms with Gasteiger partial charge in [0.2, 0.25) is 5.88 Å². The summed E-state index contributed by atoms with van der Waals surface area (Å²) in [4.78, 5) is 4.67. The van der Waals surface area contributed by atoms with E-state index in [-0.39, 0.29) is 5.88 Å². The average molecular weight is 495 g/mol. The number of benzene rings is 3. The molecule has 0 saturated carbocycles. The molecular formula is C32H22N4O2. The summed E-state index contributed by atoms with van der Waals surface area (Å²) in [5.41, 5.74) is 5.12. The van der Waals surface area contributed by atoms with Crippen molar-refractivity contribution in [3.05, 3.63) is 126 Å². The number of hydrogen-bond acceptors (Lipinski definition) is 5. The van der Waals surface area contributed by atoms with E-state index in [1.807, 2.05) is 116 Å². The molecule has 6 rings (SSSR count). The Morgan fingerprint density at radius 2 is 1.47 bits per heavy atom. The summed E-state index contributed by atoms with van der Waals surface area (Å²) < 4.78 is 13.9. The molecule has 0 N–H and O–H groups in total. The Bertz CT molecular complexity index is 1770.